The molecule has 0 aromatic heterocycles. The Morgan fingerprint density at radius 1 is 1.53 bits per heavy atom. The number of nitrogens with zero attached hydrogens (tertiary/aromatic N) is 1. The fourth-order valence-electron chi connectivity index (χ4n) is 2.78. The zero-order valence-corrected chi connectivity index (χ0v) is 9.93. The van der Waals surface area contributed by atoms with Crippen molar-refractivity contribution >= 4 is 11.8 Å². The van der Waals surface area contributed by atoms with Gasteiger partial charge in [0, 0.05) is 12.1 Å². The van der Waals surface area contributed by atoms with Gasteiger partial charge >= 0.3 is 5.97 Å². The molecule has 0 aromatic carbocycles. The van der Waals surface area contributed by atoms with E-state index in [2.05, 4.69) is 4.90 Å². The fourth-order valence-corrected chi connectivity index (χ4v) is 2.78. The van der Waals surface area contributed by atoms with Crippen LogP contribution in [-0.2, 0) is 9.59 Å². The molecular formula is C13H17NO3. The zero-order valence-electron chi connectivity index (χ0n) is 9.93. The highest BCUT2D eigenvalue weighted by atomic mass is 16.4. The summed E-state index contributed by atoms with van der Waals surface area (Å²) in [5.74, 6) is -1.36. The first-order valence-electron chi connectivity index (χ1n) is 5.93. The summed E-state index contributed by atoms with van der Waals surface area (Å²) in [6.07, 6.45) is 6.55. The molecule has 0 spiro atoms. The molecule has 1 heterocycles. The predicted octanol–water partition coefficient (Wildman–Crippen LogP) is 1.09. The van der Waals surface area contributed by atoms with Crippen LogP contribution in [-0.4, -0.2) is 41.9 Å². The van der Waals surface area contributed by atoms with Crippen LogP contribution in [0.3, 0.4) is 0 Å². The maximum Gasteiger partial charge on any atom is 0.332 e. The Hall–Kier alpha value is -1.42. The van der Waals surface area contributed by atoms with Gasteiger partial charge in [0.15, 0.2) is 5.78 Å². The molecule has 0 saturated carbocycles. The molecule has 0 bridgehead atoms. The third kappa shape index (κ3) is 2.47. The summed E-state index contributed by atoms with van der Waals surface area (Å²) < 4.78 is 0. The van der Waals surface area contributed by atoms with Crippen LogP contribution < -0.4 is 0 Å². The smallest absolute Gasteiger partial charge is 0.332 e. The number of carboxylic acids is 1. The minimum atomic E-state index is -0.971. The van der Waals surface area contributed by atoms with Gasteiger partial charge in [-0.2, -0.15) is 0 Å². The minimum absolute atomic E-state index is 0.0646. The fraction of sp³-hybridized carbons (Fsp3) is 0.538. The third-order valence-corrected chi connectivity index (χ3v) is 3.56. The van der Waals surface area contributed by atoms with Crippen molar-refractivity contribution in [3.63, 3.8) is 0 Å². The van der Waals surface area contributed by atoms with E-state index in [0.29, 0.717) is 0 Å². The average Bonchev–Trinajstić information content (AvgIpc) is 2.28. The Morgan fingerprint density at radius 2 is 2.29 bits per heavy atom. The molecule has 4 heteroatoms. The summed E-state index contributed by atoms with van der Waals surface area (Å²) in [5.41, 5.74) is 0.248. The second-order valence-electron chi connectivity index (χ2n) is 4.83. The number of carbonyl (C=O) groups is 2. The number of rotatable bonds is 2. The maximum absolute atomic E-state index is 11.9. The Kier molecular flexibility index (Phi) is 3.43. The van der Waals surface area contributed by atoms with E-state index in [0.717, 1.165) is 25.9 Å². The van der Waals surface area contributed by atoms with E-state index in [1.54, 1.807) is 6.08 Å². The molecule has 1 N–H and O–H groups in total. The van der Waals surface area contributed by atoms with Gasteiger partial charge in [-0.3, -0.25) is 4.79 Å². The topological polar surface area (TPSA) is 57.6 Å². The number of carbonyl (C=O) groups excluding carboxylic acids is 1. The number of carboxylic acid groups (broad SMARTS) is 1. The van der Waals surface area contributed by atoms with Gasteiger partial charge < -0.3 is 10.0 Å². The van der Waals surface area contributed by atoms with Gasteiger partial charge in [0.25, 0.3) is 0 Å². The summed E-state index contributed by atoms with van der Waals surface area (Å²) in [5, 5.41) is 9.15. The molecule has 92 valence electrons. The summed E-state index contributed by atoms with van der Waals surface area (Å²) in [6, 6.07) is 0. The lowest BCUT2D eigenvalue weighted by Gasteiger charge is -2.34. The summed E-state index contributed by atoms with van der Waals surface area (Å²) in [6.45, 7) is 1.83. The highest BCUT2D eigenvalue weighted by molar-refractivity contribution is 6.03. The molecule has 2 atom stereocenters. The molecule has 17 heavy (non-hydrogen) atoms. The van der Waals surface area contributed by atoms with Gasteiger partial charge in [0.05, 0.1) is 5.92 Å². The Morgan fingerprint density at radius 3 is 2.94 bits per heavy atom. The van der Waals surface area contributed by atoms with Gasteiger partial charge in [-0.25, -0.2) is 4.79 Å². The lowest BCUT2D eigenvalue weighted by atomic mass is 9.76. The average molecular weight is 235 g/mol. The molecule has 2 aliphatic rings. The Bertz CT molecular complexity index is 397. The van der Waals surface area contributed by atoms with Crippen molar-refractivity contribution < 1.29 is 14.7 Å². The number of hydrogen-bond acceptors (Lipinski definition) is 3. The van der Waals surface area contributed by atoms with Gasteiger partial charge in [-0.15, -0.1) is 0 Å². The van der Waals surface area contributed by atoms with Crippen LogP contribution in [0.4, 0.5) is 0 Å². The standard InChI is InChI=1S/C13H17NO3/c1-14-7-3-4-9(8-14)12-10(13(16)17)5-2-6-11(12)15/h2,5-6,9,12H,3-4,7-8H2,1H3,(H,16,17). The molecular weight excluding hydrogens is 218 g/mol. The molecule has 1 aliphatic heterocycles. The molecule has 2 unspecified atom stereocenters. The molecule has 0 aromatic rings. The monoisotopic (exact) mass is 235 g/mol. The van der Waals surface area contributed by atoms with E-state index >= 15 is 0 Å². The van der Waals surface area contributed by atoms with Crippen molar-refractivity contribution in [3.8, 4) is 0 Å². The first-order valence-corrected chi connectivity index (χ1v) is 5.93. The van der Waals surface area contributed by atoms with Crippen LogP contribution in [0.5, 0.6) is 0 Å². The third-order valence-electron chi connectivity index (χ3n) is 3.56. The number of aliphatic carboxylic acids is 1. The number of hydrogen-bond donors (Lipinski definition) is 1. The highest BCUT2D eigenvalue weighted by Gasteiger charge is 2.36. The number of ketones is 1. The van der Waals surface area contributed by atoms with Crippen molar-refractivity contribution in [1.29, 1.82) is 0 Å². The van der Waals surface area contributed by atoms with E-state index in [-0.39, 0.29) is 17.3 Å². The number of allylic oxidation sites excluding steroid dienone is 3. The largest absolute Gasteiger partial charge is 0.478 e. The molecule has 4 nitrogen and oxygen atoms in total. The first-order chi connectivity index (χ1) is 8.09. The van der Waals surface area contributed by atoms with Crippen molar-refractivity contribution in [1.82, 2.24) is 4.90 Å². The second-order valence-corrected chi connectivity index (χ2v) is 4.83. The Labute approximate surface area is 101 Å². The van der Waals surface area contributed by atoms with E-state index in [1.165, 1.54) is 12.2 Å². The van der Waals surface area contributed by atoms with Crippen molar-refractivity contribution in [2.45, 2.75) is 12.8 Å². The molecule has 1 fully saturated rings. The Balaban J connectivity index is 2.22. The highest BCUT2D eigenvalue weighted by Crippen LogP contribution is 2.31. The van der Waals surface area contributed by atoms with Gasteiger partial charge in [-0.1, -0.05) is 12.2 Å². The molecule has 2 rings (SSSR count). The number of piperidine rings is 1. The zero-order chi connectivity index (χ0) is 12.4. The van der Waals surface area contributed by atoms with Crippen molar-refractivity contribution in [2.24, 2.45) is 11.8 Å². The summed E-state index contributed by atoms with van der Waals surface area (Å²) in [7, 11) is 2.01. The molecule has 0 radical (unpaired) electrons. The lowest BCUT2D eigenvalue weighted by Crippen LogP contribution is -2.40. The lowest BCUT2D eigenvalue weighted by molar-refractivity contribution is -0.135. The van der Waals surface area contributed by atoms with Gasteiger partial charge in [-0.05, 0) is 38.4 Å². The predicted molar refractivity (Wildman–Crippen MR) is 63.6 cm³/mol. The van der Waals surface area contributed by atoms with E-state index in [9.17, 15) is 9.59 Å². The van der Waals surface area contributed by atoms with Crippen LogP contribution in [0.15, 0.2) is 23.8 Å². The van der Waals surface area contributed by atoms with Crippen LogP contribution in [0.1, 0.15) is 12.8 Å². The SMILES string of the molecule is CN1CCCC(C2C(=O)C=CC=C2C(=O)O)C1. The summed E-state index contributed by atoms with van der Waals surface area (Å²) >= 11 is 0. The van der Waals surface area contributed by atoms with E-state index in [4.69, 9.17) is 5.11 Å². The minimum Gasteiger partial charge on any atom is -0.478 e. The van der Waals surface area contributed by atoms with Crippen molar-refractivity contribution in [3.05, 3.63) is 23.8 Å². The van der Waals surface area contributed by atoms with Crippen LogP contribution in [0.2, 0.25) is 0 Å². The molecule has 0 amide bonds. The van der Waals surface area contributed by atoms with Crippen LogP contribution >= 0.6 is 0 Å². The molecule has 1 saturated heterocycles. The quantitative estimate of drug-likeness (QED) is 0.778. The van der Waals surface area contributed by atoms with E-state index in [1.807, 2.05) is 7.05 Å². The van der Waals surface area contributed by atoms with E-state index < -0.39 is 11.9 Å². The maximum atomic E-state index is 11.9. The normalized spacial score (nSPS) is 30.2. The van der Waals surface area contributed by atoms with Crippen molar-refractivity contribution in [2.75, 3.05) is 20.1 Å². The van der Waals surface area contributed by atoms with Gasteiger partial charge in [0.1, 0.15) is 0 Å². The second kappa shape index (κ2) is 4.84. The van der Waals surface area contributed by atoms with Crippen LogP contribution in [0.25, 0.3) is 0 Å². The first kappa shape index (κ1) is 12.0. The summed E-state index contributed by atoms with van der Waals surface area (Å²) in [4.78, 5) is 25.2. The number of likely N-dealkylation sites (tertiary alicyclic amines) is 1. The van der Waals surface area contributed by atoms with Gasteiger partial charge in [0.2, 0.25) is 0 Å². The van der Waals surface area contributed by atoms with Crippen LogP contribution in [0, 0.1) is 11.8 Å². The molecule has 1 aliphatic carbocycles.